The molecule has 0 unspecified atom stereocenters. The lowest BCUT2D eigenvalue weighted by Crippen LogP contribution is -2.50. The molecule has 166 valence electrons. The molecule has 2 amide bonds. The molecular weight excluding hydrogens is 414 g/mol. The molecule has 7 heteroatoms. The van der Waals surface area contributed by atoms with E-state index in [1.54, 1.807) is 9.80 Å². The normalized spacial score (nSPS) is 14.4. The van der Waals surface area contributed by atoms with Crippen LogP contribution in [0.3, 0.4) is 0 Å². The van der Waals surface area contributed by atoms with Crippen molar-refractivity contribution in [2.45, 2.75) is 20.0 Å². The van der Waals surface area contributed by atoms with Crippen LogP contribution in [-0.4, -0.2) is 73.0 Å². The molecule has 0 atom stereocenters. The molecule has 31 heavy (non-hydrogen) atoms. The summed E-state index contributed by atoms with van der Waals surface area (Å²) < 4.78 is 5.41. The molecule has 2 aromatic carbocycles. The topological polar surface area (TPSA) is 53.1 Å². The number of aryl methyl sites for hydroxylation is 1. The summed E-state index contributed by atoms with van der Waals surface area (Å²) >= 11 is 6.25. The Morgan fingerprint density at radius 1 is 1.06 bits per heavy atom. The Bertz CT molecular complexity index is 883. The molecule has 0 aliphatic carbocycles. The average Bonchev–Trinajstić information content (AvgIpc) is 2.78. The van der Waals surface area contributed by atoms with Gasteiger partial charge in [0.2, 0.25) is 5.91 Å². The first-order valence-electron chi connectivity index (χ1n) is 10.6. The number of hydrogen-bond acceptors (Lipinski definition) is 4. The number of halogens is 1. The van der Waals surface area contributed by atoms with Gasteiger partial charge in [-0.25, -0.2) is 4.79 Å². The first-order valence-corrected chi connectivity index (χ1v) is 11.0. The molecule has 1 saturated heterocycles. The highest BCUT2D eigenvalue weighted by atomic mass is 35.5. The van der Waals surface area contributed by atoms with Crippen molar-refractivity contribution in [3.8, 4) is 0 Å². The second kappa shape index (κ2) is 11.2. The van der Waals surface area contributed by atoms with Crippen LogP contribution >= 0.6 is 11.6 Å². The lowest BCUT2D eigenvalue weighted by Gasteiger charge is -2.34. The van der Waals surface area contributed by atoms with Crippen LogP contribution in [0.2, 0.25) is 5.02 Å². The number of carbonyl (C=O) groups is 2. The Kier molecular flexibility index (Phi) is 8.32. The first kappa shape index (κ1) is 23.1. The Labute approximate surface area is 189 Å². The summed E-state index contributed by atoms with van der Waals surface area (Å²) in [5, 5.41) is 0.636. The smallest absolute Gasteiger partial charge is 0.410 e. The molecule has 1 aliphatic rings. The summed E-state index contributed by atoms with van der Waals surface area (Å²) in [6.07, 6.45) is 0.0298. The predicted molar refractivity (Wildman–Crippen MR) is 122 cm³/mol. The van der Waals surface area contributed by atoms with E-state index in [-0.39, 0.29) is 18.6 Å². The van der Waals surface area contributed by atoms with E-state index in [1.165, 1.54) is 0 Å². The molecular formula is C24H30ClN3O3. The van der Waals surface area contributed by atoms with Crippen molar-refractivity contribution < 1.29 is 14.3 Å². The van der Waals surface area contributed by atoms with Crippen molar-refractivity contribution >= 4 is 23.6 Å². The number of rotatable bonds is 7. The van der Waals surface area contributed by atoms with Gasteiger partial charge in [0.25, 0.3) is 0 Å². The van der Waals surface area contributed by atoms with Gasteiger partial charge in [-0.1, -0.05) is 54.1 Å². The number of piperazine rings is 1. The van der Waals surface area contributed by atoms with Gasteiger partial charge in [0.05, 0.1) is 6.42 Å². The molecule has 1 fully saturated rings. The van der Waals surface area contributed by atoms with E-state index in [2.05, 4.69) is 4.90 Å². The van der Waals surface area contributed by atoms with Crippen molar-refractivity contribution in [1.29, 1.82) is 0 Å². The quantitative estimate of drug-likeness (QED) is 0.656. The fourth-order valence-corrected chi connectivity index (χ4v) is 3.78. The SMILES string of the molecule is Cc1ccc(CC(=O)N(C)CCN2CCN(C(=O)OCc3ccccc3)CC2)c(Cl)c1. The zero-order chi connectivity index (χ0) is 22.2. The number of nitrogens with zero attached hydrogens (tertiary/aromatic N) is 3. The number of likely N-dealkylation sites (N-methyl/N-ethyl adjacent to an activating group) is 1. The summed E-state index contributed by atoms with van der Waals surface area (Å²) in [4.78, 5) is 30.6. The third-order valence-corrected chi connectivity index (χ3v) is 5.92. The summed E-state index contributed by atoms with van der Waals surface area (Å²) in [7, 11) is 1.82. The molecule has 0 N–H and O–H groups in total. The van der Waals surface area contributed by atoms with Gasteiger partial charge in [0.1, 0.15) is 6.61 Å². The van der Waals surface area contributed by atoms with Crippen LogP contribution in [0, 0.1) is 6.92 Å². The second-order valence-electron chi connectivity index (χ2n) is 7.96. The fourth-order valence-electron chi connectivity index (χ4n) is 3.47. The molecule has 2 aromatic rings. The highest BCUT2D eigenvalue weighted by Gasteiger charge is 2.22. The zero-order valence-corrected chi connectivity index (χ0v) is 19.0. The summed E-state index contributed by atoms with van der Waals surface area (Å²) in [6, 6.07) is 15.4. The molecule has 6 nitrogen and oxygen atoms in total. The van der Waals surface area contributed by atoms with Crippen LogP contribution < -0.4 is 0 Å². The van der Waals surface area contributed by atoms with E-state index >= 15 is 0 Å². The van der Waals surface area contributed by atoms with Crippen molar-refractivity contribution in [2.75, 3.05) is 46.3 Å². The Balaban J connectivity index is 1.36. The maximum absolute atomic E-state index is 12.5. The second-order valence-corrected chi connectivity index (χ2v) is 8.36. The minimum atomic E-state index is -0.272. The van der Waals surface area contributed by atoms with Crippen molar-refractivity contribution in [2.24, 2.45) is 0 Å². The average molecular weight is 444 g/mol. The van der Waals surface area contributed by atoms with Gasteiger partial charge < -0.3 is 14.5 Å². The molecule has 1 aliphatic heterocycles. The zero-order valence-electron chi connectivity index (χ0n) is 18.2. The van der Waals surface area contributed by atoms with Crippen molar-refractivity contribution in [3.05, 3.63) is 70.2 Å². The number of benzene rings is 2. The van der Waals surface area contributed by atoms with Gasteiger partial charge in [-0.3, -0.25) is 9.69 Å². The maximum Gasteiger partial charge on any atom is 0.410 e. The van der Waals surface area contributed by atoms with E-state index in [0.717, 1.165) is 36.3 Å². The molecule has 0 spiro atoms. The van der Waals surface area contributed by atoms with Crippen molar-refractivity contribution in [1.82, 2.24) is 14.7 Å². The lowest BCUT2D eigenvalue weighted by atomic mass is 10.1. The third kappa shape index (κ3) is 6.97. The van der Waals surface area contributed by atoms with Gasteiger partial charge in [0, 0.05) is 51.3 Å². The number of amides is 2. The van der Waals surface area contributed by atoms with Gasteiger partial charge in [-0.15, -0.1) is 0 Å². The summed E-state index contributed by atoms with van der Waals surface area (Å²) in [5.41, 5.74) is 2.92. The Morgan fingerprint density at radius 2 is 1.77 bits per heavy atom. The van der Waals surface area contributed by atoms with Crippen LogP contribution in [0.15, 0.2) is 48.5 Å². The van der Waals surface area contributed by atoms with E-state index < -0.39 is 0 Å². The van der Waals surface area contributed by atoms with Gasteiger partial charge in [-0.05, 0) is 29.7 Å². The standard InChI is InChI=1S/C24H30ClN3O3/c1-19-8-9-21(22(25)16-19)17-23(29)26(2)10-11-27-12-14-28(15-13-27)24(30)31-18-20-6-4-3-5-7-20/h3-9,16H,10-15,17-18H2,1-2H3. The highest BCUT2D eigenvalue weighted by molar-refractivity contribution is 6.31. The minimum Gasteiger partial charge on any atom is -0.445 e. The molecule has 1 heterocycles. The molecule has 0 saturated carbocycles. The fraction of sp³-hybridized carbons (Fsp3) is 0.417. The van der Waals surface area contributed by atoms with Gasteiger partial charge in [0.15, 0.2) is 0 Å². The van der Waals surface area contributed by atoms with Crippen molar-refractivity contribution in [3.63, 3.8) is 0 Å². The summed E-state index contributed by atoms with van der Waals surface area (Å²) in [5.74, 6) is 0.0499. The van der Waals surface area contributed by atoms with E-state index in [0.29, 0.717) is 31.1 Å². The number of ether oxygens (including phenoxy) is 1. The highest BCUT2D eigenvalue weighted by Crippen LogP contribution is 2.18. The van der Waals surface area contributed by atoms with E-state index in [1.807, 2.05) is 62.5 Å². The number of hydrogen-bond donors (Lipinski definition) is 0. The van der Waals surface area contributed by atoms with Crippen LogP contribution in [0.5, 0.6) is 0 Å². The molecule has 0 radical (unpaired) electrons. The predicted octanol–water partition coefficient (Wildman–Crippen LogP) is 3.60. The lowest BCUT2D eigenvalue weighted by molar-refractivity contribution is -0.129. The monoisotopic (exact) mass is 443 g/mol. The molecule has 3 rings (SSSR count). The number of carbonyl (C=O) groups excluding carboxylic acids is 2. The first-order chi connectivity index (χ1) is 14.9. The van der Waals surface area contributed by atoms with Crippen LogP contribution in [0.25, 0.3) is 0 Å². The molecule has 0 aromatic heterocycles. The van der Waals surface area contributed by atoms with Gasteiger partial charge >= 0.3 is 6.09 Å². The Morgan fingerprint density at radius 3 is 2.45 bits per heavy atom. The summed E-state index contributed by atoms with van der Waals surface area (Å²) in [6.45, 7) is 6.48. The van der Waals surface area contributed by atoms with Gasteiger partial charge in [-0.2, -0.15) is 0 Å². The van der Waals surface area contributed by atoms with E-state index in [9.17, 15) is 9.59 Å². The maximum atomic E-state index is 12.5. The largest absolute Gasteiger partial charge is 0.445 e. The van der Waals surface area contributed by atoms with Crippen LogP contribution in [0.1, 0.15) is 16.7 Å². The Hall–Kier alpha value is -2.57. The minimum absolute atomic E-state index is 0.0499. The third-order valence-electron chi connectivity index (χ3n) is 5.56. The molecule has 0 bridgehead atoms. The van der Waals surface area contributed by atoms with E-state index in [4.69, 9.17) is 16.3 Å². The van der Waals surface area contributed by atoms with Crippen LogP contribution in [-0.2, 0) is 22.6 Å². The van der Waals surface area contributed by atoms with Crippen LogP contribution in [0.4, 0.5) is 4.79 Å².